The van der Waals surface area contributed by atoms with Gasteiger partial charge in [-0.3, -0.25) is 38.4 Å². The van der Waals surface area contributed by atoms with Crippen LogP contribution in [0.25, 0.3) is 0 Å². The maximum absolute atomic E-state index is 13.7. The molecule has 1 saturated heterocycles. The van der Waals surface area contributed by atoms with Crippen molar-refractivity contribution in [1.82, 2.24) is 16.0 Å². The van der Waals surface area contributed by atoms with Gasteiger partial charge in [0.2, 0.25) is 29.9 Å². The number of nitrogens with two attached hydrogens (primary N) is 1. The minimum absolute atomic E-state index is 0.0355. The van der Waals surface area contributed by atoms with E-state index >= 15 is 0 Å². The van der Waals surface area contributed by atoms with E-state index in [1.807, 2.05) is 0 Å². The van der Waals surface area contributed by atoms with Gasteiger partial charge in [-0.05, 0) is 46.0 Å². The predicted molar refractivity (Wildman–Crippen MR) is 312 cm³/mol. The smallest absolute Gasteiger partial charge is 0.309 e. The molecule has 4 amide bonds. The second-order valence-electron chi connectivity index (χ2n) is 22.5. The minimum Gasteiger partial charge on any atom is -0.469 e. The number of primary amides is 1. The number of carbonyl (C=O) groups is 8. The Labute approximate surface area is 487 Å². The fourth-order valence-corrected chi connectivity index (χ4v) is 9.95. The van der Waals surface area contributed by atoms with E-state index in [1.54, 1.807) is 0 Å². The van der Waals surface area contributed by atoms with Crippen LogP contribution in [-0.4, -0.2) is 121 Å². The SMILES string of the molecule is CCCCCCCCCCCCCC(=O)OC1O[C@H](COC(=O)C[C@@H](CCCCCCCCCCC)OC(=O)CCCCCCCCCCCCC)[C@@H](O)[C@@H](OC(C)C(=O)N[C@@H](C)C(=O)N[C@H](CCC(=O)OC)C(N)=O)[C@H]1NC(C)=O. The summed E-state index contributed by atoms with van der Waals surface area (Å²) < 4.78 is 34.4. The molecule has 0 aromatic rings. The molecule has 19 heteroatoms. The molecule has 0 aromatic heterocycles. The van der Waals surface area contributed by atoms with Crippen molar-refractivity contribution in [2.75, 3.05) is 13.7 Å². The van der Waals surface area contributed by atoms with Gasteiger partial charge >= 0.3 is 23.9 Å². The molecule has 0 saturated carbocycles. The van der Waals surface area contributed by atoms with Gasteiger partial charge in [-0.25, -0.2) is 0 Å². The number of hydrogen-bond acceptors (Lipinski definition) is 15. The third kappa shape index (κ3) is 37.5. The second-order valence-corrected chi connectivity index (χ2v) is 22.5. The molecule has 19 nitrogen and oxygen atoms in total. The van der Waals surface area contributed by atoms with E-state index in [0.29, 0.717) is 19.3 Å². The Kier molecular flexibility index (Phi) is 44.3. The summed E-state index contributed by atoms with van der Waals surface area (Å²) in [4.78, 5) is 104. The van der Waals surface area contributed by atoms with Crippen molar-refractivity contribution in [2.45, 2.75) is 334 Å². The van der Waals surface area contributed by atoms with Crippen LogP contribution in [0.4, 0.5) is 0 Å². The zero-order valence-corrected chi connectivity index (χ0v) is 51.3. The van der Waals surface area contributed by atoms with E-state index in [9.17, 15) is 43.5 Å². The predicted octanol–water partition coefficient (Wildman–Crippen LogP) is 10.5. The molecular formula is C62H112N4O15. The van der Waals surface area contributed by atoms with Crippen LogP contribution >= 0.6 is 0 Å². The van der Waals surface area contributed by atoms with Crippen LogP contribution in [-0.2, 0) is 66.8 Å². The van der Waals surface area contributed by atoms with Gasteiger partial charge in [-0.1, -0.05) is 201 Å². The number of ether oxygens (including phenoxy) is 6. The maximum Gasteiger partial charge on any atom is 0.309 e. The molecule has 2 unspecified atom stereocenters. The number of aliphatic hydroxyl groups is 1. The quantitative estimate of drug-likeness (QED) is 0.0215. The lowest BCUT2D eigenvalue weighted by atomic mass is 9.96. The molecular weight excluding hydrogens is 1040 g/mol. The highest BCUT2D eigenvalue weighted by Gasteiger charge is 2.50. The van der Waals surface area contributed by atoms with Gasteiger partial charge in [0.25, 0.3) is 0 Å². The third-order valence-electron chi connectivity index (χ3n) is 15.0. The summed E-state index contributed by atoms with van der Waals surface area (Å²) in [6.07, 6.45) is 26.1. The highest BCUT2D eigenvalue weighted by atomic mass is 16.7. The maximum atomic E-state index is 13.7. The van der Waals surface area contributed by atoms with E-state index in [-0.39, 0.29) is 38.1 Å². The van der Waals surface area contributed by atoms with Gasteiger partial charge in [-0.2, -0.15) is 0 Å². The van der Waals surface area contributed by atoms with Crippen LogP contribution in [0.5, 0.6) is 0 Å². The average Bonchev–Trinajstić information content (AvgIpc) is 3.47. The zero-order chi connectivity index (χ0) is 60.0. The number of esters is 4. The summed E-state index contributed by atoms with van der Waals surface area (Å²) >= 11 is 0. The van der Waals surface area contributed by atoms with Crippen LogP contribution in [0.1, 0.15) is 279 Å². The summed E-state index contributed by atoms with van der Waals surface area (Å²) in [5, 5.41) is 19.5. The Hall–Kier alpha value is -4.36. The lowest BCUT2D eigenvalue weighted by Crippen LogP contribution is -2.66. The summed E-state index contributed by atoms with van der Waals surface area (Å²) in [5.41, 5.74) is 5.45. The van der Waals surface area contributed by atoms with Gasteiger partial charge in [0.1, 0.15) is 55.3 Å². The summed E-state index contributed by atoms with van der Waals surface area (Å²) in [6, 6.07) is -3.86. The number of rotatable bonds is 51. The first-order valence-corrected chi connectivity index (χ1v) is 31.7. The summed E-state index contributed by atoms with van der Waals surface area (Å²) in [7, 11) is 1.18. The second kappa shape index (κ2) is 48.1. The van der Waals surface area contributed by atoms with Gasteiger partial charge in [0.15, 0.2) is 0 Å². The van der Waals surface area contributed by atoms with Crippen LogP contribution in [0.2, 0.25) is 0 Å². The minimum atomic E-state index is -1.69. The van der Waals surface area contributed by atoms with E-state index in [1.165, 1.54) is 143 Å². The summed E-state index contributed by atoms with van der Waals surface area (Å²) in [5.74, 6) is -5.49. The molecule has 1 aliphatic heterocycles. The average molecular weight is 1150 g/mol. The summed E-state index contributed by atoms with van der Waals surface area (Å²) in [6.45, 7) is 9.94. The van der Waals surface area contributed by atoms with E-state index in [4.69, 9.17) is 29.4 Å². The Balaban J connectivity index is 3.22. The molecule has 1 heterocycles. The molecule has 470 valence electrons. The molecule has 1 fully saturated rings. The largest absolute Gasteiger partial charge is 0.469 e. The standard InChI is InChI=1S/C62H112N4O15/c1-8-11-14-17-20-23-25-28-31-34-37-40-53(69)79-49(39-36-33-30-27-22-19-16-13-10-3)44-55(71)77-45-51-57(72)58(78-47(5)61(75)64-46(4)60(74)66-50(59(63)73)42-43-52(68)76-7)56(65-48(6)67)62(80-51)81-54(70)41-38-35-32-29-26-24-21-18-15-12-9-2/h46-47,49-51,56-58,62,72H,8-45H2,1-7H3,(H2,63,73)(H,64,75)(H,65,67)(H,66,74)/t46-,47?,49+,50+,51+,56+,57+,58-,62?/m0/s1. The first-order chi connectivity index (χ1) is 39.0. The molecule has 0 aliphatic carbocycles. The highest BCUT2D eigenvalue weighted by Crippen LogP contribution is 2.28. The normalized spacial score (nSPS) is 18.4. The van der Waals surface area contributed by atoms with Gasteiger partial charge in [0.05, 0.1) is 13.5 Å². The molecule has 6 N–H and O–H groups in total. The van der Waals surface area contributed by atoms with E-state index in [0.717, 1.165) is 70.6 Å². The third-order valence-corrected chi connectivity index (χ3v) is 15.0. The molecule has 0 bridgehead atoms. The lowest BCUT2D eigenvalue weighted by molar-refractivity contribution is -0.275. The molecule has 9 atom stereocenters. The van der Waals surface area contributed by atoms with Crippen molar-refractivity contribution < 1.29 is 71.9 Å². The molecule has 0 spiro atoms. The molecule has 81 heavy (non-hydrogen) atoms. The van der Waals surface area contributed by atoms with Gasteiger partial charge in [0, 0.05) is 26.2 Å². The Morgan fingerprint density at radius 3 is 1.47 bits per heavy atom. The van der Waals surface area contributed by atoms with Crippen molar-refractivity contribution >= 4 is 47.5 Å². The Morgan fingerprint density at radius 1 is 0.556 bits per heavy atom. The number of aliphatic hydroxyl groups excluding tert-OH is 1. The van der Waals surface area contributed by atoms with Crippen molar-refractivity contribution in [3.63, 3.8) is 0 Å². The van der Waals surface area contributed by atoms with Crippen molar-refractivity contribution in [1.29, 1.82) is 0 Å². The van der Waals surface area contributed by atoms with E-state index in [2.05, 4.69) is 41.5 Å². The fraction of sp³-hybridized carbons (Fsp3) is 0.871. The number of amides is 4. The fourth-order valence-electron chi connectivity index (χ4n) is 9.95. The first-order valence-electron chi connectivity index (χ1n) is 31.7. The molecule has 1 rings (SSSR count). The molecule has 1 aliphatic rings. The van der Waals surface area contributed by atoms with Crippen molar-refractivity contribution in [2.24, 2.45) is 5.73 Å². The van der Waals surface area contributed by atoms with Crippen LogP contribution in [0, 0.1) is 0 Å². The molecule has 0 aromatic carbocycles. The number of hydrogen-bond donors (Lipinski definition) is 5. The van der Waals surface area contributed by atoms with Crippen molar-refractivity contribution in [3.8, 4) is 0 Å². The lowest BCUT2D eigenvalue weighted by Gasteiger charge is -2.44. The number of carbonyl (C=O) groups excluding carboxylic acids is 8. The topological polar surface area (TPSA) is 274 Å². The monoisotopic (exact) mass is 1150 g/mol. The highest BCUT2D eigenvalue weighted by molar-refractivity contribution is 5.92. The first kappa shape index (κ1) is 74.7. The van der Waals surface area contributed by atoms with E-state index < -0.39 is 103 Å². The Morgan fingerprint density at radius 2 is 1.01 bits per heavy atom. The molecule has 0 radical (unpaired) electrons. The van der Waals surface area contributed by atoms with Crippen LogP contribution < -0.4 is 21.7 Å². The zero-order valence-electron chi connectivity index (χ0n) is 51.3. The van der Waals surface area contributed by atoms with Gasteiger partial charge in [-0.15, -0.1) is 0 Å². The number of unbranched alkanes of at least 4 members (excludes halogenated alkanes) is 28. The Bertz CT molecular complexity index is 1740. The number of methoxy groups -OCH3 is 1. The van der Waals surface area contributed by atoms with Crippen LogP contribution in [0.3, 0.4) is 0 Å². The van der Waals surface area contributed by atoms with Crippen LogP contribution in [0.15, 0.2) is 0 Å². The van der Waals surface area contributed by atoms with Crippen molar-refractivity contribution in [3.05, 3.63) is 0 Å². The number of nitrogens with one attached hydrogen (secondary N) is 3. The van der Waals surface area contributed by atoms with Gasteiger partial charge < -0.3 is 55.2 Å².